The molecule has 144 valence electrons. The number of nitrogens with zero attached hydrogens (tertiary/aromatic N) is 2. The van der Waals surface area contributed by atoms with E-state index in [2.05, 4.69) is 53.5 Å². The molecule has 0 bridgehead atoms. The molecular weight excluding hydrogens is 360 g/mol. The van der Waals surface area contributed by atoms with Gasteiger partial charge >= 0.3 is 0 Å². The number of carbonyl (C=O) groups is 1. The van der Waals surface area contributed by atoms with Crippen LogP contribution in [0.1, 0.15) is 18.4 Å². The average Bonchev–Trinajstić information content (AvgIpc) is 3.33. The van der Waals surface area contributed by atoms with Crippen LogP contribution in [0.2, 0.25) is 0 Å². The highest BCUT2D eigenvalue weighted by Crippen LogP contribution is 2.42. The van der Waals surface area contributed by atoms with Gasteiger partial charge in [0.1, 0.15) is 0 Å². The van der Waals surface area contributed by atoms with E-state index in [9.17, 15) is 4.79 Å². The summed E-state index contributed by atoms with van der Waals surface area (Å²) < 4.78 is 0. The third-order valence-electron chi connectivity index (χ3n) is 5.82. The average molecular weight is 382 g/mol. The zero-order valence-corrected chi connectivity index (χ0v) is 16.2. The van der Waals surface area contributed by atoms with Crippen LogP contribution in [0.25, 0.3) is 22.0 Å². The lowest BCUT2D eigenvalue weighted by Crippen LogP contribution is -2.41. The Morgan fingerprint density at radius 1 is 1.10 bits per heavy atom. The molecule has 2 aromatic carbocycles. The van der Waals surface area contributed by atoms with Gasteiger partial charge in [-0.05, 0) is 64.8 Å². The van der Waals surface area contributed by atoms with Crippen LogP contribution in [0.4, 0.5) is 0 Å². The summed E-state index contributed by atoms with van der Waals surface area (Å²) in [5, 5.41) is 1.15. The minimum absolute atomic E-state index is 0.119. The van der Waals surface area contributed by atoms with E-state index < -0.39 is 5.54 Å². The van der Waals surface area contributed by atoms with Crippen LogP contribution >= 0.6 is 0 Å². The van der Waals surface area contributed by atoms with Gasteiger partial charge in [-0.15, -0.1) is 0 Å². The molecule has 0 saturated heterocycles. The summed E-state index contributed by atoms with van der Waals surface area (Å²) in [7, 11) is 1.68. The third-order valence-corrected chi connectivity index (χ3v) is 5.82. The van der Waals surface area contributed by atoms with Gasteiger partial charge in [0.25, 0.3) is 5.91 Å². The fourth-order valence-corrected chi connectivity index (χ4v) is 4.22. The molecule has 3 aromatic rings. The summed E-state index contributed by atoms with van der Waals surface area (Å²) in [5.74, 6) is 0.125. The van der Waals surface area contributed by atoms with Gasteiger partial charge in [-0.2, -0.15) is 0 Å². The summed E-state index contributed by atoms with van der Waals surface area (Å²) in [6.45, 7) is 0. The van der Waals surface area contributed by atoms with E-state index in [4.69, 9.17) is 10.7 Å². The molecule has 3 N–H and O–H groups in total. The van der Waals surface area contributed by atoms with Crippen molar-refractivity contribution in [1.82, 2.24) is 9.88 Å². The summed E-state index contributed by atoms with van der Waals surface area (Å²) in [6.07, 6.45) is 10.0. The molecule has 1 aromatic heterocycles. The molecule has 1 unspecified atom stereocenters. The van der Waals surface area contributed by atoms with Crippen LogP contribution in [-0.2, 0) is 10.3 Å². The van der Waals surface area contributed by atoms with Gasteiger partial charge in [0.15, 0.2) is 11.5 Å². The van der Waals surface area contributed by atoms with E-state index >= 15 is 0 Å². The van der Waals surface area contributed by atoms with E-state index in [1.165, 1.54) is 4.90 Å². The van der Waals surface area contributed by atoms with Gasteiger partial charge in [-0.3, -0.25) is 9.69 Å². The number of benzene rings is 2. The van der Waals surface area contributed by atoms with Gasteiger partial charge in [-0.1, -0.05) is 42.5 Å². The lowest BCUT2D eigenvalue weighted by atomic mass is 9.79. The van der Waals surface area contributed by atoms with Crippen LogP contribution in [0, 0.1) is 0 Å². The van der Waals surface area contributed by atoms with E-state index in [1.54, 1.807) is 7.05 Å². The summed E-state index contributed by atoms with van der Waals surface area (Å²) in [6, 6.07) is 16.4. The number of allylic oxidation sites excluding steroid dienone is 2. The number of likely N-dealkylation sites (N-methyl/N-ethyl adjacent to an activating group) is 1. The van der Waals surface area contributed by atoms with Crippen molar-refractivity contribution in [1.29, 1.82) is 0 Å². The van der Waals surface area contributed by atoms with E-state index in [1.807, 2.05) is 24.4 Å². The fraction of sp³-hybridized carbons (Fsp3) is 0.167. The quantitative estimate of drug-likeness (QED) is 0.716. The van der Waals surface area contributed by atoms with Crippen molar-refractivity contribution >= 4 is 22.8 Å². The van der Waals surface area contributed by atoms with Crippen LogP contribution < -0.4 is 5.73 Å². The number of hydrogen-bond acceptors (Lipinski definition) is 3. The minimum Gasteiger partial charge on any atom is -0.369 e. The fourth-order valence-electron chi connectivity index (χ4n) is 4.22. The Kier molecular flexibility index (Phi) is 3.91. The van der Waals surface area contributed by atoms with Crippen molar-refractivity contribution < 1.29 is 4.79 Å². The number of nitrogens with one attached hydrogen (secondary N) is 1. The molecule has 0 spiro atoms. The molecule has 1 atom stereocenters. The molecule has 1 amide bonds. The number of aliphatic imine (C=N–C) groups is 1. The Hall–Kier alpha value is -3.60. The molecule has 29 heavy (non-hydrogen) atoms. The second-order valence-electron chi connectivity index (χ2n) is 7.54. The van der Waals surface area contributed by atoms with Gasteiger partial charge < -0.3 is 10.7 Å². The number of aromatic nitrogens is 1. The molecule has 0 saturated carbocycles. The summed E-state index contributed by atoms with van der Waals surface area (Å²) in [5.41, 5.74) is 9.93. The number of nitrogens with two attached hydrogens (primary N) is 1. The molecule has 5 rings (SSSR count). The zero-order chi connectivity index (χ0) is 20.0. The maximum absolute atomic E-state index is 13.4. The second kappa shape index (κ2) is 6.48. The van der Waals surface area contributed by atoms with Gasteiger partial charge in [0, 0.05) is 18.8 Å². The van der Waals surface area contributed by atoms with E-state index in [0.717, 1.165) is 46.0 Å². The molecule has 0 radical (unpaired) electrons. The van der Waals surface area contributed by atoms with Crippen molar-refractivity contribution in [3.8, 4) is 11.1 Å². The molecule has 1 aliphatic heterocycles. The first-order valence-electron chi connectivity index (χ1n) is 9.78. The van der Waals surface area contributed by atoms with Crippen molar-refractivity contribution in [2.75, 3.05) is 7.05 Å². The van der Waals surface area contributed by atoms with Crippen LogP contribution in [0.3, 0.4) is 0 Å². The first kappa shape index (κ1) is 17.5. The Balaban J connectivity index is 1.68. The molecule has 0 fully saturated rings. The number of H-pyrrole nitrogens is 1. The Bertz CT molecular complexity index is 1220. The number of guanidine groups is 1. The van der Waals surface area contributed by atoms with Crippen LogP contribution in [-0.4, -0.2) is 28.8 Å². The summed E-state index contributed by atoms with van der Waals surface area (Å²) in [4.78, 5) is 22.7. The molecule has 1 aliphatic carbocycles. The number of aromatic amines is 1. The van der Waals surface area contributed by atoms with Gasteiger partial charge in [-0.25, -0.2) is 4.99 Å². The normalized spacial score (nSPS) is 21.6. The van der Waals surface area contributed by atoms with Crippen molar-refractivity contribution in [2.24, 2.45) is 10.7 Å². The number of fused-ring (bicyclic) bond motifs is 1. The highest BCUT2D eigenvalue weighted by Gasteiger charge is 2.50. The smallest absolute Gasteiger partial charge is 0.266 e. The molecule has 2 aliphatic rings. The third kappa shape index (κ3) is 2.62. The second-order valence-corrected chi connectivity index (χ2v) is 7.54. The topological polar surface area (TPSA) is 74.5 Å². The van der Waals surface area contributed by atoms with Crippen molar-refractivity contribution in [2.45, 2.75) is 18.4 Å². The monoisotopic (exact) mass is 382 g/mol. The van der Waals surface area contributed by atoms with Crippen molar-refractivity contribution in [3.05, 3.63) is 84.1 Å². The molecule has 2 heterocycles. The molecule has 5 heteroatoms. The Morgan fingerprint density at radius 2 is 1.97 bits per heavy atom. The molecule has 5 nitrogen and oxygen atoms in total. The number of amides is 1. The Labute approximate surface area is 169 Å². The largest absolute Gasteiger partial charge is 0.369 e. The van der Waals surface area contributed by atoms with Crippen LogP contribution in [0.15, 0.2) is 83.5 Å². The first-order chi connectivity index (χ1) is 14.1. The first-order valence-corrected chi connectivity index (χ1v) is 9.78. The lowest BCUT2D eigenvalue weighted by Gasteiger charge is -2.28. The van der Waals surface area contributed by atoms with E-state index in [0.29, 0.717) is 0 Å². The highest BCUT2D eigenvalue weighted by molar-refractivity contribution is 6.09. The lowest BCUT2D eigenvalue weighted by molar-refractivity contribution is -0.129. The number of carbonyl (C=O) groups excluding carboxylic acids is 1. The number of rotatable bonds is 3. The van der Waals surface area contributed by atoms with Gasteiger partial charge in [0.2, 0.25) is 0 Å². The summed E-state index contributed by atoms with van der Waals surface area (Å²) >= 11 is 0. The maximum Gasteiger partial charge on any atom is 0.266 e. The van der Waals surface area contributed by atoms with E-state index in [-0.39, 0.29) is 11.9 Å². The Morgan fingerprint density at radius 3 is 2.72 bits per heavy atom. The van der Waals surface area contributed by atoms with Crippen LogP contribution in [0.5, 0.6) is 0 Å². The van der Waals surface area contributed by atoms with Gasteiger partial charge in [0.05, 0.1) is 0 Å². The SMILES string of the molecule is CN1C(=O)C(C2=CCCC=C2)(c2cccc(-c3ccc4[nH]ccc4c3)c2)N=C1N. The predicted octanol–water partition coefficient (Wildman–Crippen LogP) is 4.09. The zero-order valence-electron chi connectivity index (χ0n) is 16.2. The maximum atomic E-state index is 13.4. The standard InChI is InChI=1S/C24H22N4O/c1-28-22(29)24(27-23(28)25,19-7-3-2-4-8-19)20-9-5-6-16(15-20)17-10-11-21-18(14-17)12-13-26-21/h3,5-15,26H,2,4H2,1H3,(H2,25,27). The minimum atomic E-state index is -1.12. The molecular formula is C24H22N4O. The number of hydrogen-bond donors (Lipinski definition) is 2. The predicted molar refractivity (Wildman–Crippen MR) is 116 cm³/mol. The highest BCUT2D eigenvalue weighted by atomic mass is 16.2. The van der Waals surface area contributed by atoms with Crippen molar-refractivity contribution in [3.63, 3.8) is 0 Å².